The molecule has 2 heterocycles. The molecule has 2 N–H and O–H groups in total. The predicted octanol–water partition coefficient (Wildman–Crippen LogP) is 5.00. The van der Waals surface area contributed by atoms with Gasteiger partial charge in [-0.3, -0.25) is 14.7 Å². The third kappa shape index (κ3) is 7.84. The van der Waals surface area contributed by atoms with Crippen molar-refractivity contribution in [1.29, 1.82) is 0 Å². The summed E-state index contributed by atoms with van der Waals surface area (Å²) in [7, 11) is 1.02. The largest absolute Gasteiger partial charge is 0.471 e. The van der Waals surface area contributed by atoms with Gasteiger partial charge >= 0.3 is 12.1 Å². The van der Waals surface area contributed by atoms with Gasteiger partial charge in [0, 0.05) is 56.5 Å². The van der Waals surface area contributed by atoms with Crippen LogP contribution >= 0.6 is 0 Å². The number of aromatic amines is 1. The molecular weight excluding hydrogens is 675 g/mol. The molecule has 49 heavy (non-hydrogen) atoms. The summed E-state index contributed by atoms with van der Waals surface area (Å²) >= 11 is 0. The molecule has 3 aromatic carbocycles. The highest BCUT2D eigenvalue weighted by molar-refractivity contribution is 7.91. The molecule has 4 aromatic rings. The molecule has 0 radical (unpaired) electrons. The lowest BCUT2D eigenvalue weighted by atomic mass is 10.0. The number of fused-ring (bicyclic) bond motifs is 1. The first-order valence-corrected chi connectivity index (χ1v) is 16.5. The van der Waals surface area contributed by atoms with Gasteiger partial charge in [0.15, 0.2) is 5.82 Å². The van der Waals surface area contributed by atoms with Crippen molar-refractivity contribution in [1.82, 2.24) is 15.1 Å². The van der Waals surface area contributed by atoms with E-state index in [1.54, 1.807) is 18.0 Å². The third-order valence-corrected chi connectivity index (χ3v) is 9.78. The number of hydrogen-bond donors (Lipinski definition) is 2. The number of alkyl halides is 3. The Balaban J connectivity index is 1.57. The number of benzene rings is 3. The second kappa shape index (κ2) is 14.1. The van der Waals surface area contributed by atoms with Gasteiger partial charge in [0.2, 0.25) is 9.84 Å². The molecule has 0 spiro atoms. The van der Waals surface area contributed by atoms with Crippen molar-refractivity contribution in [3.63, 3.8) is 0 Å². The number of H-pyrrole nitrogens is 1. The van der Waals surface area contributed by atoms with Gasteiger partial charge in [0.05, 0.1) is 26.6 Å². The van der Waals surface area contributed by atoms with Crippen LogP contribution in [0.2, 0.25) is 0 Å². The average Bonchev–Trinajstić information content (AvgIpc) is 3.45. The van der Waals surface area contributed by atoms with Crippen LogP contribution in [0.3, 0.4) is 0 Å². The number of halogens is 5. The van der Waals surface area contributed by atoms with Crippen molar-refractivity contribution in [2.24, 2.45) is 0 Å². The second-order valence-corrected chi connectivity index (χ2v) is 13.7. The number of likely N-dealkylation sites (N-methyl/N-ethyl adjacent to an activating group) is 2. The Labute approximate surface area is 278 Å². The quantitative estimate of drug-likeness (QED) is 0.221. The maximum atomic E-state index is 14.1. The number of carbonyl (C=O) groups excluding carboxylic acids is 2. The smallest absolute Gasteiger partial charge is 0.381 e. The lowest BCUT2D eigenvalue weighted by Crippen LogP contribution is -2.50. The molecule has 0 bridgehead atoms. The molecule has 1 aromatic heterocycles. The van der Waals surface area contributed by atoms with Crippen LogP contribution in [0.5, 0.6) is 0 Å². The van der Waals surface area contributed by atoms with Gasteiger partial charge in [-0.2, -0.15) is 18.3 Å². The average molecular weight is 709 g/mol. The molecule has 0 aliphatic carbocycles. The van der Waals surface area contributed by atoms with Crippen LogP contribution in [0, 0.1) is 11.6 Å². The minimum atomic E-state index is -5.26. The van der Waals surface area contributed by atoms with Crippen LogP contribution in [-0.2, 0) is 19.4 Å². The van der Waals surface area contributed by atoms with Crippen LogP contribution in [0.1, 0.15) is 23.2 Å². The molecule has 17 heteroatoms. The standard InChI is InChI=1S/C32H33F5N6O5S/c1-41(2)10-11-42(3)22-4-6-25(28(17-22)43(31(45)32(35,36)37)21-8-12-48-13-9-21)30(44)38-29-26-18-23(5-7-27(26)39-40-29)49(46,47)24-15-19(33)14-20(34)16-24/h4-7,14-18,21H,8-13H2,1-3H3,(H2,38,39,40,44). The molecule has 0 saturated carbocycles. The highest BCUT2D eigenvalue weighted by Gasteiger charge is 2.46. The third-order valence-electron chi connectivity index (χ3n) is 8.05. The van der Waals surface area contributed by atoms with E-state index in [4.69, 9.17) is 4.74 Å². The number of hydrogen-bond acceptors (Lipinski definition) is 8. The summed E-state index contributed by atoms with van der Waals surface area (Å²) in [4.78, 5) is 30.2. The summed E-state index contributed by atoms with van der Waals surface area (Å²) in [5.41, 5.74) is 0.171. The van der Waals surface area contributed by atoms with Gasteiger partial charge in [-0.25, -0.2) is 17.2 Å². The van der Waals surface area contributed by atoms with Crippen LogP contribution in [0.15, 0.2) is 64.4 Å². The van der Waals surface area contributed by atoms with E-state index in [2.05, 4.69) is 15.5 Å². The Morgan fingerprint density at radius 2 is 1.61 bits per heavy atom. The highest BCUT2D eigenvalue weighted by atomic mass is 32.2. The van der Waals surface area contributed by atoms with Crippen molar-refractivity contribution in [2.75, 3.05) is 62.6 Å². The molecule has 11 nitrogen and oxygen atoms in total. The zero-order chi connectivity index (χ0) is 35.7. The molecule has 1 aliphatic heterocycles. The number of nitrogens with zero attached hydrogens (tertiary/aromatic N) is 4. The first-order chi connectivity index (χ1) is 23.1. The molecule has 262 valence electrons. The summed E-state index contributed by atoms with van der Waals surface area (Å²) in [5, 5.41) is 9.29. The van der Waals surface area contributed by atoms with E-state index in [-0.39, 0.29) is 58.9 Å². The van der Waals surface area contributed by atoms with Crippen molar-refractivity contribution in [2.45, 2.75) is 34.9 Å². The fraction of sp³-hybridized carbons (Fsp3) is 0.344. The minimum Gasteiger partial charge on any atom is -0.381 e. The molecule has 2 amide bonds. The van der Waals surface area contributed by atoms with Crippen LogP contribution in [-0.4, -0.2) is 95.0 Å². The Kier molecular flexibility index (Phi) is 10.3. The fourth-order valence-corrected chi connectivity index (χ4v) is 6.76. The molecule has 0 unspecified atom stereocenters. The van der Waals surface area contributed by atoms with E-state index in [1.165, 1.54) is 24.3 Å². The lowest BCUT2D eigenvalue weighted by molar-refractivity contribution is -0.171. The number of nitrogens with one attached hydrogen (secondary N) is 2. The van der Waals surface area contributed by atoms with Crippen molar-refractivity contribution < 1.29 is 44.7 Å². The van der Waals surface area contributed by atoms with Gasteiger partial charge in [0.1, 0.15) is 11.6 Å². The van der Waals surface area contributed by atoms with Gasteiger partial charge in [-0.1, -0.05) is 0 Å². The van der Waals surface area contributed by atoms with Gasteiger partial charge < -0.3 is 24.8 Å². The number of ether oxygens (including phenoxy) is 1. The highest BCUT2D eigenvalue weighted by Crippen LogP contribution is 2.35. The zero-order valence-electron chi connectivity index (χ0n) is 26.6. The lowest BCUT2D eigenvalue weighted by Gasteiger charge is -2.36. The van der Waals surface area contributed by atoms with E-state index in [0.717, 1.165) is 6.07 Å². The summed E-state index contributed by atoms with van der Waals surface area (Å²) < 4.78 is 102. The summed E-state index contributed by atoms with van der Waals surface area (Å²) in [6.07, 6.45) is -5.07. The second-order valence-electron chi connectivity index (χ2n) is 11.8. The zero-order valence-corrected chi connectivity index (χ0v) is 27.5. The molecular formula is C32H33F5N6O5S. The Morgan fingerprint density at radius 1 is 0.939 bits per heavy atom. The van der Waals surface area contributed by atoms with Gasteiger partial charge in [-0.05, 0) is 75.5 Å². The molecule has 0 atom stereocenters. The number of rotatable bonds is 10. The van der Waals surface area contributed by atoms with Crippen molar-refractivity contribution >= 4 is 49.7 Å². The van der Waals surface area contributed by atoms with E-state index in [9.17, 15) is 40.0 Å². The first-order valence-electron chi connectivity index (χ1n) is 15.0. The Morgan fingerprint density at radius 3 is 2.24 bits per heavy atom. The maximum absolute atomic E-state index is 14.1. The van der Waals surface area contributed by atoms with Crippen molar-refractivity contribution in [3.05, 3.63) is 71.8 Å². The van der Waals surface area contributed by atoms with Crippen LogP contribution in [0.4, 0.5) is 39.1 Å². The summed E-state index contributed by atoms with van der Waals surface area (Å²) in [6, 6.07) is 8.79. The fourth-order valence-electron chi connectivity index (χ4n) is 5.43. The van der Waals surface area contributed by atoms with Gasteiger partial charge in [-0.15, -0.1) is 0 Å². The molecule has 5 rings (SSSR count). The number of amides is 2. The van der Waals surface area contributed by atoms with Crippen LogP contribution in [0.25, 0.3) is 10.9 Å². The number of anilines is 3. The Hall–Kier alpha value is -4.61. The SMILES string of the molecule is CN(C)CCN(C)c1ccc(C(=O)Nc2n[nH]c3ccc(S(=O)(=O)c4cc(F)cc(F)c4)cc23)c(N(C(=O)C(F)(F)F)C2CCOCC2)c1. The minimum absolute atomic E-state index is 0.0838. The molecule has 1 saturated heterocycles. The number of carbonyl (C=O) groups is 2. The van der Waals surface area contributed by atoms with Crippen molar-refractivity contribution in [3.8, 4) is 0 Å². The summed E-state index contributed by atoms with van der Waals surface area (Å²) in [6.45, 7) is 1.32. The van der Waals surface area contributed by atoms with Gasteiger partial charge in [0.25, 0.3) is 5.91 Å². The maximum Gasteiger partial charge on any atom is 0.471 e. The first kappa shape index (κ1) is 35.7. The van der Waals surface area contributed by atoms with E-state index >= 15 is 0 Å². The topological polar surface area (TPSA) is 128 Å². The Bertz CT molecular complexity index is 1960. The van der Waals surface area contributed by atoms with E-state index in [1.807, 2.05) is 19.0 Å². The number of aromatic nitrogens is 2. The monoisotopic (exact) mass is 708 g/mol. The summed E-state index contributed by atoms with van der Waals surface area (Å²) in [5.74, 6) is -5.45. The molecule has 1 aliphatic rings. The normalized spacial score (nSPS) is 14.3. The van der Waals surface area contributed by atoms with E-state index in [0.29, 0.717) is 41.9 Å². The van der Waals surface area contributed by atoms with E-state index < -0.39 is 50.4 Å². The number of sulfone groups is 1. The predicted molar refractivity (Wildman–Crippen MR) is 172 cm³/mol. The van der Waals surface area contributed by atoms with Crippen LogP contribution < -0.4 is 15.1 Å². The molecule has 1 fully saturated rings.